The van der Waals surface area contributed by atoms with Gasteiger partial charge in [0.1, 0.15) is 12.4 Å². The molecule has 0 atom stereocenters. The van der Waals surface area contributed by atoms with Crippen LogP contribution in [0.15, 0.2) is 24.3 Å². The van der Waals surface area contributed by atoms with E-state index in [4.69, 9.17) is 4.74 Å². The van der Waals surface area contributed by atoms with Gasteiger partial charge in [-0.15, -0.1) is 0 Å². The second-order valence-electron chi connectivity index (χ2n) is 3.36. The van der Waals surface area contributed by atoms with Crippen LogP contribution in [0.1, 0.15) is 12.5 Å². The summed E-state index contributed by atoms with van der Waals surface area (Å²) in [6.45, 7) is 1.73. The number of hydrogen-bond acceptors (Lipinski definition) is 2. The van der Waals surface area contributed by atoms with E-state index in [1.54, 1.807) is 0 Å². The molecule has 0 bridgehead atoms. The predicted octanol–water partition coefficient (Wildman–Crippen LogP) is 2.22. The number of amides is 1. The van der Waals surface area contributed by atoms with Gasteiger partial charge in [0.2, 0.25) is 5.91 Å². The van der Waals surface area contributed by atoms with Crippen LogP contribution in [-0.2, 0) is 11.0 Å². The summed E-state index contributed by atoms with van der Waals surface area (Å²) in [5.41, 5.74) is -0.755. The number of carbonyl (C=O) groups is 1. The molecule has 3 nitrogen and oxygen atoms in total. The van der Waals surface area contributed by atoms with Crippen LogP contribution in [-0.4, -0.2) is 19.1 Å². The molecule has 0 spiro atoms. The first kappa shape index (κ1) is 13.3. The minimum Gasteiger partial charge on any atom is -0.492 e. The number of alkyl halides is 3. The Balaban J connectivity index is 2.52. The maximum Gasteiger partial charge on any atom is 0.416 e. The largest absolute Gasteiger partial charge is 0.492 e. The molecule has 1 N–H and O–H groups in total. The third-order valence-corrected chi connectivity index (χ3v) is 1.91. The summed E-state index contributed by atoms with van der Waals surface area (Å²) in [6.07, 6.45) is -4.38. The van der Waals surface area contributed by atoms with E-state index >= 15 is 0 Å². The van der Waals surface area contributed by atoms with Gasteiger partial charge in [-0.05, 0) is 18.2 Å². The molecule has 0 aliphatic heterocycles. The van der Waals surface area contributed by atoms with Crippen molar-refractivity contribution < 1.29 is 22.7 Å². The fourth-order valence-electron chi connectivity index (χ4n) is 1.16. The highest BCUT2D eigenvalue weighted by atomic mass is 19.4. The summed E-state index contributed by atoms with van der Waals surface area (Å²) >= 11 is 0. The highest BCUT2D eigenvalue weighted by Gasteiger charge is 2.30. The molecule has 94 valence electrons. The lowest BCUT2D eigenvalue weighted by Crippen LogP contribution is -2.25. The predicted molar refractivity (Wildman–Crippen MR) is 55.6 cm³/mol. The highest BCUT2D eigenvalue weighted by molar-refractivity contribution is 5.72. The van der Waals surface area contributed by atoms with Crippen LogP contribution in [0.25, 0.3) is 0 Å². The Bertz CT molecular complexity index is 391. The molecule has 0 saturated carbocycles. The van der Waals surface area contributed by atoms with Crippen molar-refractivity contribution in [3.05, 3.63) is 29.8 Å². The first-order chi connectivity index (χ1) is 7.89. The molecule has 0 aliphatic rings. The number of benzene rings is 1. The van der Waals surface area contributed by atoms with E-state index in [0.29, 0.717) is 0 Å². The van der Waals surface area contributed by atoms with Gasteiger partial charge < -0.3 is 10.1 Å². The van der Waals surface area contributed by atoms with Gasteiger partial charge in [-0.1, -0.05) is 6.07 Å². The van der Waals surface area contributed by atoms with Crippen LogP contribution in [0.5, 0.6) is 5.75 Å². The van der Waals surface area contributed by atoms with E-state index in [2.05, 4.69) is 5.32 Å². The van der Waals surface area contributed by atoms with E-state index < -0.39 is 11.7 Å². The van der Waals surface area contributed by atoms with Crippen molar-refractivity contribution >= 4 is 5.91 Å². The standard InChI is InChI=1S/C11H12F3NO2/c1-8(16)15-5-6-17-10-4-2-3-9(7-10)11(12,13)14/h2-4,7H,5-6H2,1H3,(H,15,16). The topological polar surface area (TPSA) is 38.3 Å². The quantitative estimate of drug-likeness (QED) is 0.828. The second kappa shape index (κ2) is 5.56. The van der Waals surface area contributed by atoms with E-state index in [1.165, 1.54) is 19.1 Å². The summed E-state index contributed by atoms with van der Waals surface area (Å²) in [5, 5.41) is 2.47. The molecule has 1 amide bonds. The summed E-state index contributed by atoms with van der Waals surface area (Å²) in [7, 11) is 0. The lowest BCUT2D eigenvalue weighted by molar-refractivity contribution is -0.137. The van der Waals surface area contributed by atoms with Crippen molar-refractivity contribution in [2.45, 2.75) is 13.1 Å². The SMILES string of the molecule is CC(=O)NCCOc1cccc(C(F)(F)F)c1. The molecule has 0 saturated heterocycles. The molecule has 0 aromatic heterocycles. The number of hydrogen-bond donors (Lipinski definition) is 1. The average Bonchev–Trinajstić information content (AvgIpc) is 2.23. The number of halogens is 3. The van der Waals surface area contributed by atoms with Crippen LogP contribution in [0, 0.1) is 0 Å². The number of carbonyl (C=O) groups excluding carboxylic acids is 1. The van der Waals surface area contributed by atoms with Crippen LogP contribution >= 0.6 is 0 Å². The zero-order valence-corrected chi connectivity index (χ0v) is 9.17. The third kappa shape index (κ3) is 4.76. The summed E-state index contributed by atoms with van der Waals surface area (Å²) < 4.78 is 42.1. The third-order valence-electron chi connectivity index (χ3n) is 1.91. The van der Waals surface area contributed by atoms with Crippen LogP contribution in [0.3, 0.4) is 0 Å². The van der Waals surface area contributed by atoms with Gasteiger partial charge in [0.05, 0.1) is 12.1 Å². The minimum atomic E-state index is -4.38. The van der Waals surface area contributed by atoms with Crippen molar-refractivity contribution in [3.8, 4) is 5.75 Å². The Hall–Kier alpha value is -1.72. The van der Waals surface area contributed by atoms with Crippen molar-refractivity contribution in [2.75, 3.05) is 13.2 Å². The zero-order valence-electron chi connectivity index (χ0n) is 9.17. The summed E-state index contributed by atoms with van der Waals surface area (Å²) in [6, 6.07) is 4.61. The lowest BCUT2D eigenvalue weighted by atomic mass is 10.2. The van der Waals surface area contributed by atoms with Gasteiger partial charge >= 0.3 is 6.18 Å². The molecule has 0 heterocycles. The molecule has 0 radical (unpaired) electrons. The minimum absolute atomic E-state index is 0.126. The molecular formula is C11H12F3NO2. The molecule has 0 aliphatic carbocycles. The maximum atomic E-state index is 12.3. The van der Waals surface area contributed by atoms with Crippen molar-refractivity contribution in [1.82, 2.24) is 5.32 Å². The van der Waals surface area contributed by atoms with Gasteiger partial charge in [0, 0.05) is 6.92 Å². The van der Waals surface area contributed by atoms with E-state index in [9.17, 15) is 18.0 Å². The highest BCUT2D eigenvalue weighted by Crippen LogP contribution is 2.31. The Kier molecular flexibility index (Phi) is 4.37. The Labute approximate surface area is 96.6 Å². The molecule has 17 heavy (non-hydrogen) atoms. The molecule has 1 rings (SSSR count). The van der Waals surface area contributed by atoms with Crippen molar-refractivity contribution in [2.24, 2.45) is 0 Å². The van der Waals surface area contributed by atoms with Gasteiger partial charge in [-0.25, -0.2) is 0 Å². The van der Waals surface area contributed by atoms with Gasteiger partial charge in [-0.3, -0.25) is 4.79 Å². The molecular weight excluding hydrogens is 235 g/mol. The fourth-order valence-corrected chi connectivity index (χ4v) is 1.16. The smallest absolute Gasteiger partial charge is 0.416 e. The Morgan fingerprint density at radius 3 is 2.71 bits per heavy atom. The van der Waals surface area contributed by atoms with E-state index in [-0.39, 0.29) is 24.8 Å². The van der Waals surface area contributed by atoms with Crippen LogP contribution < -0.4 is 10.1 Å². The Morgan fingerprint density at radius 2 is 2.12 bits per heavy atom. The second-order valence-corrected chi connectivity index (χ2v) is 3.36. The van der Waals surface area contributed by atoms with Crippen molar-refractivity contribution in [1.29, 1.82) is 0 Å². The number of ether oxygens (including phenoxy) is 1. The Morgan fingerprint density at radius 1 is 1.41 bits per heavy atom. The zero-order chi connectivity index (χ0) is 12.9. The number of nitrogens with one attached hydrogen (secondary N) is 1. The summed E-state index contributed by atoms with van der Waals surface area (Å²) in [5.74, 6) is -0.0807. The normalized spacial score (nSPS) is 11.1. The molecule has 0 fully saturated rings. The molecule has 0 unspecified atom stereocenters. The number of rotatable bonds is 4. The van der Waals surface area contributed by atoms with Crippen LogP contribution in [0.2, 0.25) is 0 Å². The van der Waals surface area contributed by atoms with Crippen LogP contribution in [0.4, 0.5) is 13.2 Å². The summed E-state index contributed by atoms with van der Waals surface area (Å²) in [4.78, 5) is 10.5. The van der Waals surface area contributed by atoms with Gasteiger partial charge in [0.15, 0.2) is 0 Å². The molecule has 1 aromatic rings. The fraction of sp³-hybridized carbons (Fsp3) is 0.364. The van der Waals surface area contributed by atoms with Crippen molar-refractivity contribution in [3.63, 3.8) is 0 Å². The first-order valence-corrected chi connectivity index (χ1v) is 4.94. The average molecular weight is 247 g/mol. The van der Waals surface area contributed by atoms with E-state index in [0.717, 1.165) is 12.1 Å². The monoisotopic (exact) mass is 247 g/mol. The van der Waals surface area contributed by atoms with E-state index in [1.807, 2.05) is 0 Å². The maximum absolute atomic E-state index is 12.3. The van der Waals surface area contributed by atoms with Gasteiger partial charge in [0.25, 0.3) is 0 Å². The molecule has 6 heteroatoms. The lowest BCUT2D eigenvalue weighted by Gasteiger charge is -2.10. The molecule has 1 aromatic carbocycles. The first-order valence-electron chi connectivity index (χ1n) is 4.94. The van der Waals surface area contributed by atoms with Gasteiger partial charge in [-0.2, -0.15) is 13.2 Å².